The molecule has 0 bridgehead atoms. The molecular formula is C19H20ClN5O2S2. The van der Waals surface area contributed by atoms with Crippen molar-refractivity contribution in [1.29, 1.82) is 0 Å². The first-order chi connectivity index (χ1) is 14.0. The SMILES string of the molecule is CCCCn1c(=O)[nH]c(=O)c2c1nc(CSc1nc3cc(Cl)ccc3s1)n2CC. The average molecular weight is 450 g/mol. The highest BCUT2D eigenvalue weighted by Crippen LogP contribution is 2.32. The van der Waals surface area contributed by atoms with Gasteiger partial charge in [-0.2, -0.15) is 0 Å². The van der Waals surface area contributed by atoms with Crippen LogP contribution >= 0.6 is 34.7 Å². The van der Waals surface area contributed by atoms with Crippen molar-refractivity contribution < 1.29 is 0 Å². The standard InChI is InChI=1S/C19H20ClN5O2S2/c1-3-5-8-25-16-15(17(26)23-18(25)27)24(4-2)14(22-16)10-28-19-21-12-9-11(20)6-7-13(12)29-19/h6-7,9H,3-5,8,10H2,1-2H3,(H,23,26,27). The summed E-state index contributed by atoms with van der Waals surface area (Å²) >= 11 is 9.21. The van der Waals surface area contributed by atoms with Gasteiger partial charge in [-0.25, -0.2) is 14.8 Å². The largest absolute Gasteiger partial charge is 0.330 e. The van der Waals surface area contributed by atoms with E-state index < -0.39 is 11.2 Å². The molecule has 1 aromatic carbocycles. The van der Waals surface area contributed by atoms with E-state index in [0.717, 1.165) is 33.2 Å². The van der Waals surface area contributed by atoms with Gasteiger partial charge in [0.1, 0.15) is 5.82 Å². The van der Waals surface area contributed by atoms with Gasteiger partial charge in [0.05, 0.1) is 16.0 Å². The quantitative estimate of drug-likeness (QED) is 0.426. The summed E-state index contributed by atoms with van der Waals surface area (Å²) in [5.41, 5.74) is 0.992. The van der Waals surface area contributed by atoms with Crippen molar-refractivity contribution in [2.45, 2.75) is 49.9 Å². The first-order valence-corrected chi connectivity index (χ1v) is 11.6. The predicted molar refractivity (Wildman–Crippen MR) is 119 cm³/mol. The van der Waals surface area contributed by atoms with E-state index in [-0.39, 0.29) is 0 Å². The number of rotatable bonds is 7. The third-order valence-electron chi connectivity index (χ3n) is 4.67. The molecule has 0 spiro atoms. The number of H-pyrrole nitrogens is 1. The van der Waals surface area contributed by atoms with Gasteiger partial charge in [-0.15, -0.1) is 11.3 Å². The Bertz CT molecular complexity index is 1300. The van der Waals surface area contributed by atoms with Crippen molar-refractivity contribution in [3.8, 4) is 0 Å². The molecule has 4 rings (SSSR count). The Labute approximate surface area is 179 Å². The van der Waals surface area contributed by atoms with E-state index in [2.05, 4.69) is 21.9 Å². The lowest BCUT2D eigenvalue weighted by Crippen LogP contribution is -2.31. The van der Waals surface area contributed by atoms with Crippen LogP contribution in [0.1, 0.15) is 32.5 Å². The number of aryl methyl sites for hydroxylation is 2. The maximum absolute atomic E-state index is 12.5. The van der Waals surface area contributed by atoms with Gasteiger partial charge in [-0.3, -0.25) is 14.3 Å². The van der Waals surface area contributed by atoms with Crippen molar-refractivity contribution in [1.82, 2.24) is 24.1 Å². The molecule has 7 nitrogen and oxygen atoms in total. The molecule has 0 aliphatic carbocycles. The molecule has 0 atom stereocenters. The zero-order valence-electron chi connectivity index (χ0n) is 16.1. The topological polar surface area (TPSA) is 85.6 Å². The van der Waals surface area contributed by atoms with Crippen molar-refractivity contribution >= 4 is 56.1 Å². The molecule has 0 amide bonds. The second-order valence-electron chi connectivity index (χ2n) is 6.59. The number of aromatic nitrogens is 5. The number of nitrogens with one attached hydrogen (secondary N) is 1. The summed E-state index contributed by atoms with van der Waals surface area (Å²) in [6.45, 7) is 5.16. The van der Waals surface area contributed by atoms with Crippen LogP contribution in [-0.2, 0) is 18.8 Å². The zero-order valence-corrected chi connectivity index (χ0v) is 18.5. The number of thioether (sulfide) groups is 1. The third kappa shape index (κ3) is 3.86. The summed E-state index contributed by atoms with van der Waals surface area (Å²) in [5, 5.41) is 0.663. The fraction of sp³-hybridized carbons (Fsp3) is 0.368. The monoisotopic (exact) mass is 449 g/mol. The average Bonchev–Trinajstić information content (AvgIpc) is 3.26. The van der Waals surface area contributed by atoms with E-state index in [4.69, 9.17) is 11.6 Å². The summed E-state index contributed by atoms with van der Waals surface area (Å²) in [6.07, 6.45) is 1.80. The van der Waals surface area contributed by atoms with Gasteiger partial charge in [-0.1, -0.05) is 36.7 Å². The van der Waals surface area contributed by atoms with Gasteiger partial charge in [0, 0.05) is 18.1 Å². The fourth-order valence-electron chi connectivity index (χ4n) is 3.26. The number of halogens is 1. The lowest BCUT2D eigenvalue weighted by atomic mass is 10.3. The lowest BCUT2D eigenvalue weighted by Gasteiger charge is -2.06. The van der Waals surface area contributed by atoms with Crippen LogP contribution in [0.4, 0.5) is 0 Å². The molecular weight excluding hydrogens is 430 g/mol. The molecule has 1 N–H and O–H groups in total. The van der Waals surface area contributed by atoms with E-state index in [9.17, 15) is 9.59 Å². The van der Waals surface area contributed by atoms with Gasteiger partial charge < -0.3 is 4.57 Å². The third-order valence-corrected chi connectivity index (χ3v) is 7.08. The summed E-state index contributed by atoms with van der Waals surface area (Å²) in [6, 6.07) is 5.67. The maximum Gasteiger partial charge on any atom is 0.330 e. The predicted octanol–water partition coefficient (Wildman–Crippen LogP) is 4.26. The first-order valence-electron chi connectivity index (χ1n) is 9.43. The number of imidazole rings is 1. The molecule has 0 saturated carbocycles. The number of hydrogen-bond acceptors (Lipinski definition) is 6. The molecule has 152 valence electrons. The highest BCUT2D eigenvalue weighted by Gasteiger charge is 2.18. The van der Waals surface area contributed by atoms with Gasteiger partial charge in [0.15, 0.2) is 15.5 Å². The van der Waals surface area contributed by atoms with Crippen LogP contribution in [0.2, 0.25) is 5.02 Å². The summed E-state index contributed by atoms with van der Waals surface area (Å²) < 4.78 is 5.44. The Morgan fingerprint density at radius 1 is 1.21 bits per heavy atom. The second-order valence-corrected chi connectivity index (χ2v) is 9.28. The van der Waals surface area contributed by atoms with E-state index in [1.807, 2.05) is 29.7 Å². The number of benzene rings is 1. The zero-order chi connectivity index (χ0) is 20.5. The molecule has 4 aromatic rings. The number of fused-ring (bicyclic) bond motifs is 2. The minimum absolute atomic E-state index is 0.391. The van der Waals surface area contributed by atoms with Crippen LogP contribution in [0.15, 0.2) is 32.1 Å². The Morgan fingerprint density at radius 2 is 2.03 bits per heavy atom. The Morgan fingerprint density at radius 3 is 2.79 bits per heavy atom. The summed E-state index contributed by atoms with van der Waals surface area (Å²) in [7, 11) is 0. The minimum atomic E-state index is -0.404. The smallest absolute Gasteiger partial charge is 0.322 e. The number of thiazole rings is 1. The molecule has 3 heterocycles. The summed E-state index contributed by atoms with van der Waals surface area (Å²) in [4.78, 5) is 36.5. The van der Waals surface area contributed by atoms with Crippen LogP contribution in [0, 0.1) is 0 Å². The number of nitrogens with zero attached hydrogens (tertiary/aromatic N) is 4. The number of unbranched alkanes of at least 4 members (excludes halogenated alkanes) is 1. The molecule has 0 radical (unpaired) electrons. The van der Waals surface area contributed by atoms with Crippen LogP contribution in [-0.4, -0.2) is 24.1 Å². The second kappa shape index (κ2) is 8.33. The van der Waals surface area contributed by atoms with E-state index in [1.54, 1.807) is 27.7 Å². The number of aromatic amines is 1. The van der Waals surface area contributed by atoms with Crippen molar-refractivity contribution in [3.05, 3.63) is 49.9 Å². The van der Waals surface area contributed by atoms with Crippen molar-refractivity contribution in [2.24, 2.45) is 0 Å². The van der Waals surface area contributed by atoms with Crippen molar-refractivity contribution in [2.75, 3.05) is 0 Å². The van der Waals surface area contributed by atoms with E-state index >= 15 is 0 Å². The van der Waals surface area contributed by atoms with Gasteiger partial charge in [-0.05, 0) is 31.5 Å². The van der Waals surface area contributed by atoms with Crippen LogP contribution in [0.25, 0.3) is 21.4 Å². The van der Waals surface area contributed by atoms with Gasteiger partial charge in [0.2, 0.25) is 0 Å². The fourth-order valence-corrected chi connectivity index (χ4v) is 5.42. The van der Waals surface area contributed by atoms with Crippen LogP contribution in [0.5, 0.6) is 0 Å². The van der Waals surface area contributed by atoms with E-state index in [0.29, 0.717) is 35.0 Å². The number of hydrogen-bond donors (Lipinski definition) is 1. The molecule has 0 saturated heterocycles. The molecule has 0 aliphatic heterocycles. The Balaban J connectivity index is 1.71. The summed E-state index contributed by atoms with van der Waals surface area (Å²) in [5.74, 6) is 1.31. The highest BCUT2D eigenvalue weighted by atomic mass is 35.5. The van der Waals surface area contributed by atoms with E-state index in [1.165, 1.54) is 0 Å². The molecule has 0 unspecified atom stereocenters. The Kier molecular flexibility index (Phi) is 5.80. The highest BCUT2D eigenvalue weighted by molar-refractivity contribution is 8.00. The minimum Gasteiger partial charge on any atom is -0.322 e. The van der Waals surface area contributed by atoms with Gasteiger partial charge >= 0.3 is 5.69 Å². The molecule has 3 aromatic heterocycles. The molecule has 0 aliphatic rings. The van der Waals surface area contributed by atoms with Gasteiger partial charge in [0.25, 0.3) is 5.56 Å². The van der Waals surface area contributed by atoms with Crippen molar-refractivity contribution in [3.63, 3.8) is 0 Å². The maximum atomic E-state index is 12.5. The molecule has 29 heavy (non-hydrogen) atoms. The normalized spacial score (nSPS) is 11.7. The first kappa shape index (κ1) is 20.2. The van der Waals surface area contributed by atoms with Crippen LogP contribution in [0.3, 0.4) is 0 Å². The Hall–Kier alpha value is -2.10. The van der Waals surface area contributed by atoms with Crippen LogP contribution < -0.4 is 11.2 Å². The molecule has 0 fully saturated rings. The lowest BCUT2D eigenvalue weighted by molar-refractivity contribution is 0.613. The molecule has 10 heteroatoms.